The van der Waals surface area contributed by atoms with Crippen molar-refractivity contribution in [1.82, 2.24) is 9.99 Å². The maximum Gasteiger partial charge on any atom is 0.303 e. The molecule has 2 aliphatic rings. The predicted molar refractivity (Wildman–Crippen MR) is 89.9 cm³/mol. The monoisotopic (exact) mass is 317 g/mol. The molecule has 1 aromatic heterocycles. The molecule has 0 atom stereocenters. The summed E-state index contributed by atoms with van der Waals surface area (Å²) in [6.07, 6.45) is 11.1. The smallest absolute Gasteiger partial charge is 0.303 e. The van der Waals surface area contributed by atoms with Crippen molar-refractivity contribution in [2.75, 3.05) is 18.5 Å². The number of carboxylic acids is 1. The molecule has 0 unspecified atom stereocenters. The van der Waals surface area contributed by atoms with Crippen molar-refractivity contribution in [1.29, 1.82) is 0 Å². The first-order valence-corrected chi connectivity index (χ1v) is 8.84. The van der Waals surface area contributed by atoms with Gasteiger partial charge in [-0.1, -0.05) is 0 Å². The zero-order chi connectivity index (χ0) is 16.1. The molecule has 0 amide bonds. The molecule has 0 radical (unpaired) electrons. The quantitative estimate of drug-likeness (QED) is 0.871. The van der Waals surface area contributed by atoms with Crippen LogP contribution >= 0.6 is 0 Å². The number of hydrazine groups is 1. The summed E-state index contributed by atoms with van der Waals surface area (Å²) in [4.78, 5) is 14.9. The largest absolute Gasteiger partial charge is 0.481 e. The maximum atomic E-state index is 10.8. The van der Waals surface area contributed by atoms with E-state index in [0.29, 0.717) is 12.3 Å². The molecular formula is C18H27N3O2. The lowest BCUT2D eigenvalue weighted by Gasteiger charge is -2.39. The van der Waals surface area contributed by atoms with E-state index in [-0.39, 0.29) is 0 Å². The molecule has 1 saturated heterocycles. The molecule has 0 spiro atoms. The predicted octanol–water partition coefficient (Wildman–Crippen LogP) is 3.40. The van der Waals surface area contributed by atoms with Crippen molar-refractivity contribution in [3.8, 4) is 0 Å². The lowest BCUT2D eigenvalue weighted by molar-refractivity contribution is -0.138. The number of pyridine rings is 1. The Balaban J connectivity index is 1.40. The Labute approximate surface area is 138 Å². The van der Waals surface area contributed by atoms with Gasteiger partial charge >= 0.3 is 5.97 Å². The van der Waals surface area contributed by atoms with Crippen LogP contribution in [0.4, 0.5) is 5.69 Å². The van der Waals surface area contributed by atoms with Crippen LogP contribution in [0.15, 0.2) is 24.5 Å². The van der Waals surface area contributed by atoms with Gasteiger partial charge in [-0.3, -0.25) is 9.78 Å². The maximum absolute atomic E-state index is 10.8. The highest BCUT2D eigenvalue weighted by Crippen LogP contribution is 2.38. The minimum Gasteiger partial charge on any atom is -0.481 e. The third kappa shape index (κ3) is 4.67. The standard InChI is InChI=1S/C18H27N3O2/c22-18(23)13-14-1-3-15(4-2-14)16-7-11-21(12-8-16)20-17-5-9-19-10-6-17/h5-6,9-10,14-16H,1-4,7-8,11-13H2,(H,19,20)(H,22,23). The number of anilines is 1. The molecule has 1 aliphatic carbocycles. The topological polar surface area (TPSA) is 65.5 Å². The number of carboxylic acid groups (broad SMARTS) is 1. The molecule has 1 saturated carbocycles. The van der Waals surface area contributed by atoms with Crippen LogP contribution in [-0.4, -0.2) is 34.2 Å². The third-order valence-corrected chi connectivity index (χ3v) is 5.53. The second kappa shape index (κ2) is 7.77. The Kier molecular flexibility index (Phi) is 5.49. The molecule has 126 valence electrons. The van der Waals surface area contributed by atoms with Crippen LogP contribution in [0.3, 0.4) is 0 Å². The lowest BCUT2D eigenvalue weighted by Crippen LogP contribution is -2.40. The molecule has 5 nitrogen and oxygen atoms in total. The van der Waals surface area contributed by atoms with Crippen LogP contribution in [0, 0.1) is 17.8 Å². The summed E-state index contributed by atoms with van der Waals surface area (Å²) in [5.74, 6) is 1.40. The van der Waals surface area contributed by atoms with Gasteiger partial charge in [0.2, 0.25) is 0 Å². The van der Waals surface area contributed by atoms with Gasteiger partial charge in [-0.15, -0.1) is 0 Å². The second-order valence-electron chi connectivity index (χ2n) is 7.05. The lowest BCUT2D eigenvalue weighted by atomic mass is 9.72. The number of hydrogen-bond acceptors (Lipinski definition) is 4. The van der Waals surface area contributed by atoms with Crippen molar-refractivity contribution in [3.63, 3.8) is 0 Å². The fourth-order valence-corrected chi connectivity index (χ4v) is 4.20. The second-order valence-corrected chi connectivity index (χ2v) is 7.05. The van der Waals surface area contributed by atoms with E-state index >= 15 is 0 Å². The van der Waals surface area contributed by atoms with E-state index in [4.69, 9.17) is 5.11 Å². The highest BCUT2D eigenvalue weighted by atomic mass is 16.4. The van der Waals surface area contributed by atoms with Gasteiger partial charge in [0, 0.05) is 31.9 Å². The Hall–Kier alpha value is -1.62. The van der Waals surface area contributed by atoms with Crippen LogP contribution in [0.1, 0.15) is 44.9 Å². The summed E-state index contributed by atoms with van der Waals surface area (Å²) in [6, 6.07) is 3.99. The molecule has 1 aliphatic heterocycles. The molecule has 2 heterocycles. The first kappa shape index (κ1) is 16.2. The fourth-order valence-electron chi connectivity index (χ4n) is 4.20. The Morgan fingerprint density at radius 1 is 1.09 bits per heavy atom. The van der Waals surface area contributed by atoms with E-state index in [9.17, 15) is 4.79 Å². The summed E-state index contributed by atoms with van der Waals surface area (Å²) < 4.78 is 0. The van der Waals surface area contributed by atoms with E-state index in [2.05, 4.69) is 15.4 Å². The van der Waals surface area contributed by atoms with Crippen molar-refractivity contribution in [2.45, 2.75) is 44.9 Å². The van der Waals surface area contributed by atoms with Gasteiger partial charge in [0.15, 0.2) is 0 Å². The Morgan fingerprint density at radius 3 is 2.30 bits per heavy atom. The average Bonchev–Trinajstić information content (AvgIpc) is 2.57. The molecule has 0 bridgehead atoms. The molecule has 2 fully saturated rings. The molecule has 1 aromatic rings. The van der Waals surface area contributed by atoms with E-state index in [1.807, 2.05) is 24.5 Å². The van der Waals surface area contributed by atoms with Crippen LogP contribution < -0.4 is 5.43 Å². The van der Waals surface area contributed by atoms with Gasteiger partial charge < -0.3 is 10.5 Å². The van der Waals surface area contributed by atoms with Crippen LogP contribution in [0.5, 0.6) is 0 Å². The van der Waals surface area contributed by atoms with Crippen LogP contribution in [-0.2, 0) is 4.79 Å². The van der Waals surface area contributed by atoms with Crippen LogP contribution in [0.2, 0.25) is 0 Å². The highest BCUT2D eigenvalue weighted by Gasteiger charge is 2.30. The highest BCUT2D eigenvalue weighted by molar-refractivity contribution is 5.67. The summed E-state index contributed by atoms with van der Waals surface area (Å²) >= 11 is 0. The van der Waals surface area contributed by atoms with Gasteiger partial charge in [0.25, 0.3) is 0 Å². The van der Waals surface area contributed by atoms with E-state index < -0.39 is 5.97 Å². The van der Waals surface area contributed by atoms with Crippen molar-refractivity contribution in [3.05, 3.63) is 24.5 Å². The number of aromatic nitrogens is 1. The Morgan fingerprint density at radius 2 is 1.70 bits per heavy atom. The zero-order valence-corrected chi connectivity index (χ0v) is 13.7. The number of nitrogens with one attached hydrogen (secondary N) is 1. The zero-order valence-electron chi connectivity index (χ0n) is 13.7. The number of piperidine rings is 1. The number of carbonyl (C=O) groups is 1. The van der Waals surface area contributed by atoms with E-state index in [0.717, 1.165) is 43.5 Å². The Bertz CT molecular complexity index is 492. The SMILES string of the molecule is O=C(O)CC1CCC(C2CCN(Nc3ccncc3)CC2)CC1. The van der Waals surface area contributed by atoms with E-state index in [1.54, 1.807) is 0 Å². The summed E-state index contributed by atoms with van der Waals surface area (Å²) in [6.45, 7) is 2.17. The van der Waals surface area contributed by atoms with Crippen LogP contribution in [0.25, 0.3) is 0 Å². The molecule has 5 heteroatoms. The molecule has 23 heavy (non-hydrogen) atoms. The molecule has 2 N–H and O–H groups in total. The first-order valence-electron chi connectivity index (χ1n) is 8.84. The van der Waals surface area contributed by atoms with Gasteiger partial charge in [0.1, 0.15) is 0 Å². The summed E-state index contributed by atoms with van der Waals surface area (Å²) in [5.41, 5.74) is 4.57. The summed E-state index contributed by atoms with van der Waals surface area (Å²) in [7, 11) is 0. The minimum atomic E-state index is -0.635. The van der Waals surface area contributed by atoms with E-state index in [1.165, 1.54) is 25.7 Å². The molecule has 3 rings (SSSR count). The first-order chi connectivity index (χ1) is 11.2. The molecule has 0 aromatic carbocycles. The van der Waals surface area contributed by atoms with Gasteiger partial charge in [-0.05, 0) is 68.4 Å². The third-order valence-electron chi connectivity index (χ3n) is 5.53. The number of hydrogen-bond donors (Lipinski definition) is 2. The fraction of sp³-hybridized carbons (Fsp3) is 0.667. The van der Waals surface area contributed by atoms with Crippen molar-refractivity contribution < 1.29 is 9.90 Å². The normalized spacial score (nSPS) is 26.8. The molecular weight excluding hydrogens is 290 g/mol. The van der Waals surface area contributed by atoms with Gasteiger partial charge in [-0.25, -0.2) is 5.01 Å². The van der Waals surface area contributed by atoms with Gasteiger partial charge in [-0.2, -0.15) is 0 Å². The summed E-state index contributed by atoms with van der Waals surface area (Å²) in [5, 5.41) is 11.2. The number of rotatable bonds is 5. The number of aliphatic carboxylic acids is 1. The number of nitrogens with zero attached hydrogens (tertiary/aromatic N) is 2. The minimum absolute atomic E-state index is 0.362. The van der Waals surface area contributed by atoms with Gasteiger partial charge in [0.05, 0.1) is 5.69 Å². The average molecular weight is 317 g/mol. The van der Waals surface area contributed by atoms with Crippen molar-refractivity contribution in [2.24, 2.45) is 17.8 Å². The van der Waals surface area contributed by atoms with Crippen molar-refractivity contribution >= 4 is 11.7 Å².